The predicted molar refractivity (Wildman–Crippen MR) is 89.8 cm³/mol. The van der Waals surface area contributed by atoms with Crippen LogP contribution in [0.3, 0.4) is 0 Å². The quantitative estimate of drug-likeness (QED) is 0.484. The van der Waals surface area contributed by atoms with Gasteiger partial charge in [-0.3, -0.25) is 14.6 Å². The number of hydrogen-bond acceptors (Lipinski definition) is 5. The van der Waals surface area contributed by atoms with Crippen LogP contribution in [0.1, 0.15) is 22.8 Å². The first-order valence-electron chi connectivity index (χ1n) is 7.25. The molecule has 0 bridgehead atoms. The van der Waals surface area contributed by atoms with Gasteiger partial charge in [0.2, 0.25) is 0 Å². The summed E-state index contributed by atoms with van der Waals surface area (Å²) in [6.45, 7) is 1.95. The smallest absolute Gasteiger partial charge is 0.267 e. The molecule has 2 aromatic rings. The van der Waals surface area contributed by atoms with Crippen LogP contribution in [-0.4, -0.2) is 16.7 Å². The molecule has 0 unspecified atom stereocenters. The van der Waals surface area contributed by atoms with Gasteiger partial charge in [-0.1, -0.05) is 0 Å². The summed E-state index contributed by atoms with van der Waals surface area (Å²) in [4.78, 5) is 27.2. The molecule has 0 aliphatic carbocycles. The van der Waals surface area contributed by atoms with Gasteiger partial charge in [0.15, 0.2) is 5.78 Å². The average molecular weight is 320 g/mol. The molecule has 1 aromatic heterocycles. The highest BCUT2D eigenvalue weighted by molar-refractivity contribution is 6.06. The van der Waals surface area contributed by atoms with E-state index in [9.17, 15) is 9.59 Å². The zero-order chi connectivity index (χ0) is 17.4. The van der Waals surface area contributed by atoms with E-state index in [4.69, 9.17) is 5.26 Å². The van der Waals surface area contributed by atoms with Gasteiger partial charge in [0, 0.05) is 36.4 Å². The molecule has 1 aromatic carbocycles. The standard InChI is InChI=1S/C18H16N4O2/c1-13(23)15-2-4-17(5-3-15)22-18(24)16(10-19)12-21-11-14-6-8-20-9-7-14/h2-9,12,21H,11H2,1H3,(H,22,24)/b16-12-. The van der Waals surface area contributed by atoms with Crippen LogP contribution in [0, 0.1) is 11.3 Å². The highest BCUT2D eigenvalue weighted by atomic mass is 16.1. The Morgan fingerprint density at radius 3 is 2.42 bits per heavy atom. The van der Waals surface area contributed by atoms with Crippen LogP contribution in [0.15, 0.2) is 60.6 Å². The minimum atomic E-state index is -0.518. The summed E-state index contributed by atoms with van der Waals surface area (Å²) in [7, 11) is 0. The number of hydrogen-bond donors (Lipinski definition) is 2. The van der Waals surface area contributed by atoms with Crippen molar-refractivity contribution in [2.75, 3.05) is 5.32 Å². The normalized spacial score (nSPS) is 10.6. The molecule has 0 spiro atoms. The van der Waals surface area contributed by atoms with Gasteiger partial charge in [-0.05, 0) is 48.9 Å². The number of benzene rings is 1. The predicted octanol–water partition coefficient (Wildman–Crippen LogP) is 2.42. The van der Waals surface area contributed by atoms with Gasteiger partial charge in [-0.15, -0.1) is 0 Å². The summed E-state index contributed by atoms with van der Waals surface area (Å²) in [5.74, 6) is -0.568. The number of nitrogens with one attached hydrogen (secondary N) is 2. The molecule has 6 nitrogen and oxygen atoms in total. The van der Waals surface area contributed by atoms with Crippen molar-refractivity contribution in [2.24, 2.45) is 0 Å². The number of nitriles is 1. The first-order valence-corrected chi connectivity index (χ1v) is 7.25. The molecule has 0 radical (unpaired) electrons. The zero-order valence-corrected chi connectivity index (χ0v) is 13.1. The molecular formula is C18H16N4O2. The SMILES string of the molecule is CC(=O)c1ccc(NC(=O)/C(C#N)=C\NCc2ccncc2)cc1. The molecule has 24 heavy (non-hydrogen) atoms. The fourth-order valence-electron chi connectivity index (χ4n) is 1.91. The molecule has 6 heteroatoms. The Labute approximate surface area is 139 Å². The van der Waals surface area contributed by atoms with Gasteiger partial charge in [0.25, 0.3) is 5.91 Å². The molecule has 0 saturated heterocycles. The van der Waals surface area contributed by atoms with E-state index in [2.05, 4.69) is 15.6 Å². The number of amides is 1. The Morgan fingerprint density at radius 2 is 1.83 bits per heavy atom. The Morgan fingerprint density at radius 1 is 1.17 bits per heavy atom. The van der Waals surface area contributed by atoms with Gasteiger partial charge in [0.1, 0.15) is 11.6 Å². The van der Waals surface area contributed by atoms with Crippen LogP contribution in [0.25, 0.3) is 0 Å². The van der Waals surface area contributed by atoms with Crippen molar-refractivity contribution < 1.29 is 9.59 Å². The van der Waals surface area contributed by atoms with E-state index in [1.807, 2.05) is 18.2 Å². The van der Waals surface area contributed by atoms with Crippen LogP contribution < -0.4 is 10.6 Å². The number of rotatable bonds is 6. The van der Waals surface area contributed by atoms with E-state index in [-0.39, 0.29) is 11.4 Å². The third kappa shape index (κ3) is 4.78. The van der Waals surface area contributed by atoms with Crippen molar-refractivity contribution in [3.05, 3.63) is 71.7 Å². The summed E-state index contributed by atoms with van der Waals surface area (Å²) in [5.41, 5.74) is 2.02. The second kappa shape index (κ2) is 8.25. The summed E-state index contributed by atoms with van der Waals surface area (Å²) in [6.07, 6.45) is 4.71. The number of anilines is 1. The number of pyridine rings is 1. The fourth-order valence-corrected chi connectivity index (χ4v) is 1.91. The van der Waals surface area contributed by atoms with E-state index in [1.54, 1.807) is 36.7 Å². The maximum Gasteiger partial charge on any atom is 0.267 e. The van der Waals surface area contributed by atoms with Crippen molar-refractivity contribution in [3.63, 3.8) is 0 Å². The van der Waals surface area contributed by atoms with E-state index < -0.39 is 5.91 Å². The largest absolute Gasteiger partial charge is 0.386 e. The second-order valence-corrected chi connectivity index (χ2v) is 4.99. The number of nitrogens with zero attached hydrogens (tertiary/aromatic N) is 2. The number of Topliss-reactive ketones (excluding diaryl/α,β-unsaturated/α-hetero) is 1. The average Bonchev–Trinajstić information content (AvgIpc) is 2.60. The molecule has 2 N–H and O–H groups in total. The highest BCUT2D eigenvalue weighted by Gasteiger charge is 2.09. The van der Waals surface area contributed by atoms with Gasteiger partial charge < -0.3 is 10.6 Å². The van der Waals surface area contributed by atoms with E-state index in [0.29, 0.717) is 17.8 Å². The molecule has 0 fully saturated rings. The Hall–Kier alpha value is -3.46. The Kier molecular flexibility index (Phi) is 5.81. The lowest BCUT2D eigenvalue weighted by molar-refractivity contribution is -0.112. The lowest BCUT2D eigenvalue weighted by Crippen LogP contribution is -2.16. The Bertz CT molecular complexity index is 790. The summed E-state index contributed by atoms with van der Waals surface area (Å²) >= 11 is 0. The van der Waals surface area contributed by atoms with Crippen LogP contribution in [0.2, 0.25) is 0 Å². The van der Waals surface area contributed by atoms with E-state index in [1.165, 1.54) is 13.1 Å². The van der Waals surface area contributed by atoms with Crippen molar-refractivity contribution in [3.8, 4) is 6.07 Å². The first-order chi connectivity index (χ1) is 11.6. The number of ketones is 1. The zero-order valence-electron chi connectivity index (χ0n) is 13.1. The number of carbonyl (C=O) groups excluding carboxylic acids is 2. The molecule has 120 valence electrons. The lowest BCUT2D eigenvalue weighted by Gasteiger charge is -2.06. The summed E-state index contributed by atoms with van der Waals surface area (Å²) in [6, 6.07) is 12.0. The van der Waals surface area contributed by atoms with Crippen molar-refractivity contribution >= 4 is 17.4 Å². The highest BCUT2D eigenvalue weighted by Crippen LogP contribution is 2.11. The third-order valence-electron chi connectivity index (χ3n) is 3.22. The molecule has 0 saturated carbocycles. The van der Waals surface area contributed by atoms with Crippen LogP contribution in [0.4, 0.5) is 5.69 Å². The lowest BCUT2D eigenvalue weighted by atomic mass is 10.1. The van der Waals surface area contributed by atoms with E-state index >= 15 is 0 Å². The second-order valence-electron chi connectivity index (χ2n) is 4.99. The third-order valence-corrected chi connectivity index (χ3v) is 3.22. The maximum absolute atomic E-state index is 12.1. The first kappa shape index (κ1) is 16.9. The van der Waals surface area contributed by atoms with Crippen LogP contribution >= 0.6 is 0 Å². The van der Waals surface area contributed by atoms with E-state index in [0.717, 1.165) is 5.56 Å². The van der Waals surface area contributed by atoms with Gasteiger partial charge in [0.05, 0.1) is 0 Å². The molecule has 0 atom stereocenters. The van der Waals surface area contributed by atoms with Gasteiger partial charge in [-0.25, -0.2) is 0 Å². The molecule has 1 heterocycles. The number of carbonyl (C=O) groups is 2. The van der Waals surface area contributed by atoms with Gasteiger partial charge in [-0.2, -0.15) is 5.26 Å². The minimum Gasteiger partial charge on any atom is -0.386 e. The minimum absolute atomic E-state index is 0.0419. The van der Waals surface area contributed by atoms with Crippen LogP contribution in [-0.2, 0) is 11.3 Å². The van der Waals surface area contributed by atoms with Gasteiger partial charge >= 0.3 is 0 Å². The van der Waals surface area contributed by atoms with Crippen molar-refractivity contribution in [1.29, 1.82) is 5.26 Å². The van der Waals surface area contributed by atoms with Crippen LogP contribution in [0.5, 0.6) is 0 Å². The molecular weight excluding hydrogens is 304 g/mol. The molecule has 1 amide bonds. The summed E-state index contributed by atoms with van der Waals surface area (Å²) < 4.78 is 0. The van der Waals surface area contributed by atoms with Crippen molar-refractivity contribution in [2.45, 2.75) is 13.5 Å². The summed E-state index contributed by atoms with van der Waals surface area (Å²) in [5, 5.41) is 14.7. The number of aromatic nitrogens is 1. The molecule has 2 rings (SSSR count). The maximum atomic E-state index is 12.1. The fraction of sp³-hybridized carbons (Fsp3) is 0.111. The Balaban J connectivity index is 1.96. The molecule has 0 aliphatic rings. The topological polar surface area (TPSA) is 94.9 Å². The van der Waals surface area contributed by atoms with Crippen molar-refractivity contribution in [1.82, 2.24) is 10.3 Å². The monoisotopic (exact) mass is 320 g/mol. The molecule has 0 aliphatic heterocycles.